The van der Waals surface area contributed by atoms with Crippen molar-refractivity contribution in [1.82, 2.24) is 0 Å². The quantitative estimate of drug-likeness (QED) is 0.367. The number of hydrogen-bond acceptors (Lipinski definition) is 2. The molecule has 1 heterocycles. The molecule has 0 saturated carbocycles. The van der Waals surface area contributed by atoms with Gasteiger partial charge in [0.05, 0.1) is 0 Å². The van der Waals surface area contributed by atoms with E-state index in [-0.39, 0.29) is 5.63 Å². The molecule has 1 aromatic heterocycles. The highest BCUT2D eigenvalue weighted by molar-refractivity contribution is 6.12. The van der Waals surface area contributed by atoms with Crippen molar-refractivity contribution in [3.05, 3.63) is 82.7 Å². The molecule has 0 fully saturated rings. The second kappa shape index (κ2) is 4.85. The van der Waals surface area contributed by atoms with Crippen molar-refractivity contribution in [3.63, 3.8) is 0 Å². The Morgan fingerprint density at radius 1 is 0.818 bits per heavy atom. The van der Waals surface area contributed by atoms with Gasteiger partial charge in [-0.05, 0) is 29.3 Å². The van der Waals surface area contributed by atoms with Crippen LogP contribution in [0.1, 0.15) is 5.56 Å². The van der Waals surface area contributed by atoms with E-state index in [1.165, 1.54) is 0 Å². The third-order valence-corrected chi connectivity index (χ3v) is 4.09. The van der Waals surface area contributed by atoms with Crippen LogP contribution in [0.4, 0.5) is 0 Å². The van der Waals surface area contributed by atoms with E-state index in [0.717, 1.165) is 27.3 Å². The molecule has 4 rings (SSSR count). The van der Waals surface area contributed by atoms with Crippen LogP contribution in [0.25, 0.3) is 32.9 Å². The number of hydrogen-bond donors (Lipinski definition) is 0. The number of benzene rings is 3. The van der Waals surface area contributed by atoms with Crippen LogP contribution in [0.3, 0.4) is 0 Å². The van der Waals surface area contributed by atoms with Crippen LogP contribution in [0, 0.1) is 6.92 Å². The standard InChI is InChI=1S/C20H14O2/c1-13-18(15-8-3-2-4-9-15)19-16-10-6-5-7-14(16)11-12-17(19)22-20(13)21/h2-12H,1H3. The normalized spacial score (nSPS) is 11.1. The molecule has 106 valence electrons. The summed E-state index contributed by atoms with van der Waals surface area (Å²) >= 11 is 0. The van der Waals surface area contributed by atoms with E-state index in [9.17, 15) is 4.79 Å². The summed E-state index contributed by atoms with van der Waals surface area (Å²) in [4.78, 5) is 12.2. The first-order chi connectivity index (χ1) is 10.8. The van der Waals surface area contributed by atoms with Crippen molar-refractivity contribution < 1.29 is 4.42 Å². The molecule has 2 heteroatoms. The van der Waals surface area contributed by atoms with Gasteiger partial charge in [0.2, 0.25) is 0 Å². The van der Waals surface area contributed by atoms with Crippen LogP contribution in [0.15, 0.2) is 75.9 Å². The maximum Gasteiger partial charge on any atom is 0.339 e. The molecule has 3 aromatic carbocycles. The highest BCUT2D eigenvalue weighted by Crippen LogP contribution is 2.35. The second-order valence-electron chi connectivity index (χ2n) is 5.42. The Hall–Kier alpha value is -2.87. The highest BCUT2D eigenvalue weighted by Gasteiger charge is 2.15. The minimum atomic E-state index is -0.276. The van der Waals surface area contributed by atoms with E-state index in [2.05, 4.69) is 12.1 Å². The lowest BCUT2D eigenvalue weighted by Gasteiger charge is -2.11. The third-order valence-electron chi connectivity index (χ3n) is 4.09. The molecule has 0 N–H and O–H groups in total. The van der Waals surface area contributed by atoms with Crippen LogP contribution >= 0.6 is 0 Å². The van der Waals surface area contributed by atoms with E-state index in [4.69, 9.17) is 4.42 Å². The molecular formula is C20H14O2. The molecule has 0 spiro atoms. The van der Waals surface area contributed by atoms with Gasteiger partial charge in [0.1, 0.15) is 5.58 Å². The maximum atomic E-state index is 12.2. The Morgan fingerprint density at radius 3 is 2.36 bits per heavy atom. The third kappa shape index (κ3) is 1.85. The molecular weight excluding hydrogens is 272 g/mol. The van der Waals surface area contributed by atoms with Gasteiger partial charge in [-0.25, -0.2) is 4.79 Å². The predicted octanol–water partition coefficient (Wildman–Crippen LogP) is 4.92. The molecule has 0 aliphatic carbocycles. The SMILES string of the molecule is Cc1c(-c2ccccc2)c2c(ccc3ccccc32)oc1=O. The molecule has 0 amide bonds. The Bertz CT molecular complexity index is 1040. The lowest BCUT2D eigenvalue weighted by atomic mass is 9.94. The second-order valence-corrected chi connectivity index (χ2v) is 5.42. The van der Waals surface area contributed by atoms with Gasteiger partial charge in [-0.2, -0.15) is 0 Å². The summed E-state index contributed by atoms with van der Waals surface area (Å²) in [6, 6.07) is 22.1. The van der Waals surface area contributed by atoms with Crippen LogP contribution in [-0.4, -0.2) is 0 Å². The van der Waals surface area contributed by atoms with Crippen molar-refractivity contribution in [2.45, 2.75) is 6.92 Å². The van der Waals surface area contributed by atoms with Gasteiger partial charge in [-0.1, -0.05) is 60.7 Å². The topological polar surface area (TPSA) is 30.2 Å². The van der Waals surface area contributed by atoms with Gasteiger partial charge in [0.25, 0.3) is 0 Å². The van der Waals surface area contributed by atoms with Crippen molar-refractivity contribution >= 4 is 21.7 Å². The summed E-state index contributed by atoms with van der Waals surface area (Å²) in [5, 5.41) is 3.24. The fourth-order valence-electron chi connectivity index (χ4n) is 3.03. The lowest BCUT2D eigenvalue weighted by Crippen LogP contribution is -2.05. The number of rotatable bonds is 1. The van der Waals surface area contributed by atoms with Crippen molar-refractivity contribution in [2.24, 2.45) is 0 Å². The first-order valence-corrected chi connectivity index (χ1v) is 7.26. The zero-order valence-corrected chi connectivity index (χ0v) is 12.2. The molecule has 4 aromatic rings. The summed E-state index contributed by atoms with van der Waals surface area (Å²) in [7, 11) is 0. The van der Waals surface area contributed by atoms with Crippen molar-refractivity contribution in [1.29, 1.82) is 0 Å². The average Bonchev–Trinajstić information content (AvgIpc) is 2.57. The molecule has 0 radical (unpaired) electrons. The molecule has 0 unspecified atom stereocenters. The predicted molar refractivity (Wildman–Crippen MR) is 90.2 cm³/mol. The molecule has 0 bridgehead atoms. The molecule has 0 aliphatic heterocycles. The molecule has 22 heavy (non-hydrogen) atoms. The molecule has 2 nitrogen and oxygen atoms in total. The van der Waals surface area contributed by atoms with Gasteiger partial charge in [0, 0.05) is 16.5 Å². The maximum absolute atomic E-state index is 12.2. The largest absolute Gasteiger partial charge is 0.422 e. The highest BCUT2D eigenvalue weighted by atomic mass is 16.4. The fraction of sp³-hybridized carbons (Fsp3) is 0.0500. The summed E-state index contributed by atoms with van der Waals surface area (Å²) in [6.45, 7) is 1.83. The number of fused-ring (bicyclic) bond motifs is 3. The van der Waals surface area contributed by atoms with E-state index in [1.807, 2.05) is 61.5 Å². The zero-order valence-electron chi connectivity index (χ0n) is 12.2. The first-order valence-electron chi connectivity index (χ1n) is 7.26. The molecule has 0 aliphatic rings. The Kier molecular flexibility index (Phi) is 2.83. The smallest absolute Gasteiger partial charge is 0.339 e. The Morgan fingerprint density at radius 2 is 1.55 bits per heavy atom. The van der Waals surface area contributed by atoms with Gasteiger partial charge >= 0.3 is 5.63 Å². The fourth-order valence-corrected chi connectivity index (χ4v) is 3.03. The van der Waals surface area contributed by atoms with Crippen LogP contribution in [-0.2, 0) is 0 Å². The van der Waals surface area contributed by atoms with E-state index < -0.39 is 0 Å². The van der Waals surface area contributed by atoms with Crippen LogP contribution < -0.4 is 5.63 Å². The molecule has 0 saturated heterocycles. The molecule has 0 atom stereocenters. The van der Waals surface area contributed by atoms with Crippen molar-refractivity contribution in [2.75, 3.05) is 0 Å². The van der Waals surface area contributed by atoms with Gasteiger partial charge < -0.3 is 4.42 Å². The van der Waals surface area contributed by atoms with E-state index in [0.29, 0.717) is 11.1 Å². The summed E-state index contributed by atoms with van der Waals surface area (Å²) < 4.78 is 5.51. The minimum Gasteiger partial charge on any atom is -0.422 e. The van der Waals surface area contributed by atoms with Crippen molar-refractivity contribution in [3.8, 4) is 11.1 Å². The van der Waals surface area contributed by atoms with Crippen LogP contribution in [0.5, 0.6) is 0 Å². The average molecular weight is 286 g/mol. The Balaban J connectivity index is 2.29. The van der Waals surface area contributed by atoms with Gasteiger partial charge in [-0.3, -0.25) is 0 Å². The van der Waals surface area contributed by atoms with E-state index >= 15 is 0 Å². The van der Waals surface area contributed by atoms with Gasteiger partial charge in [0.15, 0.2) is 0 Å². The summed E-state index contributed by atoms with van der Waals surface area (Å²) in [5.74, 6) is 0. The Labute approximate surface area is 127 Å². The first kappa shape index (κ1) is 12.8. The minimum absolute atomic E-state index is 0.276. The zero-order chi connectivity index (χ0) is 15.1. The van der Waals surface area contributed by atoms with Gasteiger partial charge in [-0.15, -0.1) is 0 Å². The summed E-state index contributed by atoms with van der Waals surface area (Å²) in [6.07, 6.45) is 0. The van der Waals surface area contributed by atoms with E-state index in [1.54, 1.807) is 0 Å². The monoisotopic (exact) mass is 286 g/mol. The van der Waals surface area contributed by atoms with Crippen LogP contribution in [0.2, 0.25) is 0 Å². The summed E-state index contributed by atoms with van der Waals surface area (Å²) in [5.41, 5.74) is 3.00. The lowest BCUT2D eigenvalue weighted by molar-refractivity contribution is 0.556.